The van der Waals surface area contributed by atoms with E-state index in [1.54, 1.807) is 6.07 Å². The van der Waals surface area contributed by atoms with E-state index in [9.17, 15) is 18.7 Å². The topological polar surface area (TPSA) is 46.5 Å². The lowest BCUT2D eigenvalue weighted by Gasteiger charge is -2.21. The number of rotatable bonds is 4. The third-order valence-electron chi connectivity index (χ3n) is 2.09. The van der Waals surface area contributed by atoms with Crippen molar-refractivity contribution in [2.24, 2.45) is 0 Å². The fourth-order valence-corrected chi connectivity index (χ4v) is 1.73. The van der Waals surface area contributed by atoms with Gasteiger partial charge in [-0.1, -0.05) is 34.1 Å². The van der Waals surface area contributed by atoms with Crippen molar-refractivity contribution < 1.29 is 23.4 Å². The molecule has 0 heterocycles. The van der Waals surface area contributed by atoms with Crippen molar-refractivity contribution in [3.05, 3.63) is 34.3 Å². The first-order valence-corrected chi connectivity index (χ1v) is 5.68. The number of aliphatic hydroxyl groups is 1. The number of esters is 1. The minimum atomic E-state index is -3.97. The molecule has 1 atom stereocenters. The SMILES string of the molecule is CCOC(=O)C(F)(F)C(O)c1ccccc1Br. The zero-order chi connectivity index (χ0) is 13.1. The third-order valence-corrected chi connectivity index (χ3v) is 2.81. The first-order chi connectivity index (χ1) is 7.91. The maximum absolute atomic E-state index is 13.5. The molecular weight excluding hydrogens is 298 g/mol. The summed E-state index contributed by atoms with van der Waals surface area (Å²) in [4.78, 5) is 11.0. The van der Waals surface area contributed by atoms with Gasteiger partial charge in [0.1, 0.15) is 0 Å². The van der Waals surface area contributed by atoms with Crippen LogP contribution in [0.1, 0.15) is 18.6 Å². The van der Waals surface area contributed by atoms with Crippen LogP contribution in [0.3, 0.4) is 0 Å². The van der Waals surface area contributed by atoms with Gasteiger partial charge < -0.3 is 9.84 Å². The van der Waals surface area contributed by atoms with Crippen molar-refractivity contribution in [3.8, 4) is 0 Å². The molecule has 0 saturated carbocycles. The molecule has 17 heavy (non-hydrogen) atoms. The first-order valence-electron chi connectivity index (χ1n) is 4.88. The number of carbonyl (C=O) groups is 1. The van der Waals surface area contributed by atoms with Crippen LogP contribution in [0.5, 0.6) is 0 Å². The lowest BCUT2D eigenvalue weighted by Crippen LogP contribution is -2.37. The summed E-state index contributed by atoms with van der Waals surface area (Å²) in [6, 6.07) is 5.91. The summed E-state index contributed by atoms with van der Waals surface area (Å²) in [7, 11) is 0. The number of aliphatic hydroxyl groups excluding tert-OH is 1. The molecule has 0 aliphatic heterocycles. The molecule has 0 amide bonds. The summed E-state index contributed by atoms with van der Waals surface area (Å²) in [5, 5.41) is 9.55. The fourth-order valence-electron chi connectivity index (χ4n) is 1.23. The summed E-state index contributed by atoms with van der Waals surface area (Å²) in [5.41, 5.74) is -0.0643. The van der Waals surface area contributed by atoms with Crippen LogP contribution in [-0.4, -0.2) is 23.6 Å². The van der Waals surface area contributed by atoms with Crippen LogP contribution in [0, 0.1) is 0 Å². The molecule has 0 fully saturated rings. The molecule has 6 heteroatoms. The van der Waals surface area contributed by atoms with E-state index in [1.807, 2.05) is 0 Å². The van der Waals surface area contributed by atoms with Crippen LogP contribution in [0.2, 0.25) is 0 Å². The molecule has 0 radical (unpaired) electrons. The Balaban J connectivity index is 3.00. The van der Waals surface area contributed by atoms with Crippen LogP contribution in [0.15, 0.2) is 28.7 Å². The largest absolute Gasteiger partial charge is 0.461 e. The summed E-state index contributed by atoms with van der Waals surface area (Å²) >= 11 is 3.03. The van der Waals surface area contributed by atoms with E-state index < -0.39 is 18.0 Å². The minimum Gasteiger partial charge on any atom is -0.461 e. The van der Waals surface area contributed by atoms with Gasteiger partial charge >= 0.3 is 11.9 Å². The Morgan fingerprint density at radius 2 is 2.12 bits per heavy atom. The maximum atomic E-state index is 13.5. The number of benzene rings is 1. The summed E-state index contributed by atoms with van der Waals surface area (Å²) in [6.07, 6.45) is -2.24. The normalized spacial score (nSPS) is 13.2. The van der Waals surface area contributed by atoms with E-state index in [4.69, 9.17) is 0 Å². The molecule has 1 rings (SSSR count). The Bertz CT molecular complexity index is 409. The van der Waals surface area contributed by atoms with Gasteiger partial charge in [0, 0.05) is 10.0 Å². The van der Waals surface area contributed by atoms with Crippen molar-refractivity contribution in [1.29, 1.82) is 0 Å². The van der Waals surface area contributed by atoms with Gasteiger partial charge in [0.25, 0.3) is 0 Å². The average Bonchev–Trinajstić information content (AvgIpc) is 2.29. The lowest BCUT2D eigenvalue weighted by molar-refractivity contribution is -0.189. The predicted molar refractivity (Wildman–Crippen MR) is 60.7 cm³/mol. The van der Waals surface area contributed by atoms with Gasteiger partial charge in [-0.3, -0.25) is 0 Å². The molecule has 0 aliphatic carbocycles. The number of carbonyl (C=O) groups excluding carboxylic acids is 1. The van der Waals surface area contributed by atoms with Crippen LogP contribution in [0.25, 0.3) is 0 Å². The highest BCUT2D eigenvalue weighted by atomic mass is 79.9. The molecule has 0 aliphatic rings. The Labute approximate surface area is 106 Å². The van der Waals surface area contributed by atoms with Gasteiger partial charge in [-0.25, -0.2) is 4.79 Å². The zero-order valence-electron chi connectivity index (χ0n) is 8.99. The Morgan fingerprint density at radius 3 is 2.65 bits per heavy atom. The van der Waals surface area contributed by atoms with E-state index >= 15 is 0 Å². The minimum absolute atomic E-state index is 0.0643. The van der Waals surface area contributed by atoms with Gasteiger partial charge in [-0.15, -0.1) is 0 Å². The Morgan fingerprint density at radius 1 is 1.53 bits per heavy atom. The highest BCUT2D eigenvalue weighted by Crippen LogP contribution is 2.35. The van der Waals surface area contributed by atoms with Gasteiger partial charge in [0.15, 0.2) is 6.10 Å². The number of ether oxygens (including phenoxy) is 1. The van der Waals surface area contributed by atoms with Gasteiger partial charge in [0.2, 0.25) is 0 Å². The molecule has 0 saturated heterocycles. The standard InChI is InChI=1S/C11H11BrF2O3/c1-2-17-10(16)11(13,14)9(15)7-5-3-4-6-8(7)12/h3-6,9,15H,2H2,1H3. The van der Waals surface area contributed by atoms with E-state index in [0.717, 1.165) is 0 Å². The molecule has 1 aromatic rings. The van der Waals surface area contributed by atoms with Crippen molar-refractivity contribution in [3.63, 3.8) is 0 Å². The smallest absolute Gasteiger partial charge is 0.380 e. The average molecular weight is 309 g/mol. The predicted octanol–water partition coefficient (Wildman–Crippen LogP) is 2.68. The highest BCUT2D eigenvalue weighted by molar-refractivity contribution is 9.10. The van der Waals surface area contributed by atoms with Gasteiger partial charge in [-0.05, 0) is 13.0 Å². The first kappa shape index (κ1) is 14.1. The maximum Gasteiger partial charge on any atom is 0.380 e. The number of hydrogen-bond acceptors (Lipinski definition) is 3. The van der Waals surface area contributed by atoms with Gasteiger partial charge in [0.05, 0.1) is 6.61 Å². The number of alkyl halides is 2. The summed E-state index contributed by atoms with van der Waals surface area (Å²) in [5.74, 6) is -5.71. The second kappa shape index (κ2) is 5.55. The second-order valence-corrected chi connectivity index (χ2v) is 4.12. The second-order valence-electron chi connectivity index (χ2n) is 3.27. The molecule has 0 aromatic heterocycles. The molecule has 1 aromatic carbocycles. The summed E-state index contributed by atoms with van der Waals surface area (Å²) < 4.78 is 31.6. The van der Waals surface area contributed by atoms with E-state index in [2.05, 4.69) is 20.7 Å². The molecule has 94 valence electrons. The molecule has 0 spiro atoms. The monoisotopic (exact) mass is 308 g/mol. The molecule has 0 bridgehead atoms. The van der Waals surface area contributed by atoms with E-state index in [-0.39, 0.29) is 12.2 Å². The third kappa shape index (κ3) is 3.01. The van der Waals surface area contributed by atoms with Crippen LogP contribution < -0.4 is 0 Å². The Hall–Kier alpha value is -1.01. The van der Waals surface area contributed by atoms with Crippen LogP contribution >= 0.6 is 15.9 Å². The van der Waals surface area contributed by atoms with E-state index in [1.165, 1.54) is 25.1 Å². The lowest BCUT2D eigenvalue weighted by atomic mass is 10.0. The van der Waals surface area contributed by atoms with E-state index in [0.29, 0.717) is 4.47 Å². The molecule has 3 nitrogen and oxygen atoms in total. The highest BCUT2D eigenvalue weighted by Gasteiger charge is 2.49. The summed E-state index contributed by atoms with van der Waals surface area (Å²) in [6.45, 7) is 1.25. The van der Waals surface area contributed by atoms with Crippen molar-refractivity contribution >= 4 is 21.9 Å². The molecule has 1 unspecified atom stereocenters. The molecule has 1 N–H and O–H groups in total. The van der Waals surface area contributed by atoms with Crippen molar-refractivity contribution in [2.45, 2.75) is 19.0 Å². The van der Waals surface area contributed by atoms with Crippen LogP contribution in [-0.2, 0) is 9.53 Å². The fraction of sp³-hybridized carbons (Fsp3) is 0.364. The number of hydrogen-bond donors (Lipinski definition) is 1. The van der Waals surface area contributed by atoms with Crippen molar-refractivity contribution in [2.75, 3.05) is 6.61 Å². The number of halogens is 3. The van der Waals surface area contributed by atoms with Gasteiger partial charge in [-0.2, -0.15) is 8.78 Å². The zero-order valence-corrected chi connectivity index (χ0v) is 10.6. The van der Waals surface area contributed by atoms with Crippen LogP contribution in [0.4, 0.5) is 8.78 Å². The Kier molecular flexibility index (Phi) is 4.59. The molecular formula is C11H11BrF2O3. The quantitative estimate of drug-likeness (QED) is 0.870. The van der Waals surface area contributed by atoms with Crippen molar-refractivity contribution in [1.82, 2.24) is 0 Å².